The van der Waals surface area contributed by atoms with Gasteiger partial charge in [0.2, 0.25) is 0 Å². The average molecular weight is 186 g/mol. The highest BCUT2D eigenvalue weighted by molar-refractivity contribution is 4.93. The molecule has 0 spiro atoms. The Hall–Kier alpha value is -0.460. The van der Waals surface area contributed by atoms with E-state index in [-0.39, 0.29) is 0 Å². The van der Waals surface area contributed by atoms with Crippen LogP contribution in [0.4, 0.5) is 0 Å². The van der Waals surface area contributed by atoms with Crippen LogP contribution in [0.25, 0.3) is 0 Å². The molecule has 0 N–H and O–H groups in total. The average Bonchev–Trinajstić information content (AvgIpc) is 2.16. The van der Waals surface area contributed by atoms with E-state index in [9.17, 15) is 0 Å². The van der Waals surface area contributed by atoms with E-state index >= 15 is 0 Å². The summed E-state index contributed by atoms with van der Waals surface area (Å²) in [6.07, 6.45) is 3.41. The summed E-state index contributed by atoms with van der Waals surface area (Å²) in [5.41, 5.74) is 0. The van der Waals surface area contributed by atoms with Gasteiger partial charge in [-0.15, -0.1) is 0 Å². The SMILES string of the molecule is CC.CCC(/C=C(/C)OC)C(C)C. The Kier molecular flexibility index (Phi) is 11.1. The van der Waals surface area contributed by atoms with Gasteiger partial charge in [0.15, 0.2) is 0 Å². The number of hydrogen-bond donors (Lipinski definition) is 0. The first kappa shape index (κ1) is 15.0. The van der Waals surface area contributed by atoms with Gasteiger partial charge in [0, 0.05) is 0 Å². The van der Waals surface area contributed by atoms with E-state index in [1.54, 1.807) is 7.11 Å². The number of rotatable bonds is 4. The molecular formula is C12H26O. The fourth-order valence-electron chi connectivity index (χ4n) is 1.15. The monoisotopic (exact) mass is 186 g/mol. The van der Waals surface area contributed by atoms with Gasteiger partial charge in [-0.2, -0.15) is 0 Å². The third-order valence-electron chi connectivity index (χ3n) is 2.10. The van der Waals surface area contributed by atoms with Crippen molar-refractivity contribution in [1.82, 2.24) is 0 Å². The topological polar surface area (TPSA) is 9.23 Å². The molecular weight excluding hydrogens is 160 g/mol. The Morgan fingerprint density at radius 2 is 1.77 bits per heavy atom. The molecule has 1 atom stereocenters. The highest BCUT2D eigenvalue weighted by atomic mass is 16.5. The van der Waals surface area contributed by atoms with Gasteiger partial charge >= 0.3 is 0 Å². The van der Waals surface area contributed by atoms with Crippen LogP contribution < -0.4 is 0 Å². The first-order chi connectivity index (χ1) is 6.11. The first-order valence-corrected chi connectivity index (χ1v) is 5.34. The van der Waals surface area contributed by atoms with Gasteiger partial charge < -0.3 is 4.74 Å². The Labute approximate surface area is 84.2 Å². The van der Waals surface area contributed by atoms with Gasteiger partial charge in [0.25, 0.3) is 0 Å². The number of allylic oxidation sites excluding steroid dienone is 2. The zero-order valence-electron chi connectivity index (χ0n) is 10.3. The van der Waals surface area contributed by atoms with Crippen molar-refractivity contribution in [3.8, 4) is 0 Å². The predicted molar refractivity (Wildman–Crippen MR) is 60.7 cm³/mol. The molecule has 0 aliphatic carbocycles. The van der Waals surface area contributed by atoms with Crippen molar-refractivity contribution in [3.63, 3.8) is 0 Å². The minimum atomic E-state index is 0.662. The van der Waals surface area contributed by atoms with E-state index in [0.717, 1.165) is 5.76 Å². The van der Waals surface area contributed by atoms with Crippen LogP contribution in [0.1, 0.15) is 48.0 Å². The summed E-state index contributed by atoms with van der Waals surface area (Å²) in [4.78, 5) is 0. The van der Waals surface area contributed by atoms with Crippen LogP contribution in [-0.2, 0) is 4.74 Å². The van der Waals surface area contributed by atoms with Gasteiger partial charge in [0.05, 0.1) is 12.9 Å². The van der Waals surface area contributed by atoms with Crippen LogP contribution in [0.3, 0.4) is 0 Å². The van der Waals surface area contributed by atoms with E-state index in [1.807, 2.05) is 20.8 Å². The van der Waals surface area contributed by atoms with Gasteiger partial charge in [-0.3, -0.25) is 0 Å². The Morgan fingerprint density at radius 3 is 2.00 bits per heavy atom. The van der Waals surface area contributed by atoms with E-state index in [0.29, 0.717) is 11.8 Å². The van der Waals surface area contributed by atoms with Gasteiger partial charge in [-0.25, -0.2) is 0 Å². The number of methoxy groups -OCH3 is 1. The molecule has 13 heavy (non-hydrogen) atoms. The molecule has 0 saturated carbocycles. The van der Waals surface area contributed by atoms with Crippen molar-refractivity contribution in [2.75, 3.05) is 7.11 Å². The van der Waals surface area contributed by atoms with Crippen molar-refractivity contribution in [1.29, 1.82) is 0 Å². The van der Waals surface area contributed by atoms with Crippen LogP contribution >= 0.6 is 0 Å². The van der Waals surface area contributed by atoms with Crippen LogP contribution in [0.15, 0.2) is 11.8 Å². The molecule has 0 rings (SSSR count). The highest BCUT2D eigenvalue weighted by Crippen LogP contribution is 2.17. The van der Waals surface area contributed by atoms with Gasteiger partial charge in [-0.1, -0.05) is 34.6 Å². The summed E-state index contributed by atoms with van der Waals surface area (Å²) >= 11 is 0. The summed E-state index contributed by atoms with van der Waals surface area (Å²) in [7, 11) is 1.72. The molecule has 1 heteroatoms. The summed E-state index contributed by atoms with van der Waals surface area (Å²) in [6.45, 7) is 12.7. The lowest BCUT2D eigenvalue weighted by atomic mass is 9.93. The Morgan fingerprint density at radius 1 is 1.31 bits per heavy atom. The second kappa shape index (κ2) is 9.63. The Balaban J connectivity index is 0. The lowest BCUT2D eigenvalue weighted by Gasteiger charge is -2.15. The van der Waals surface area contributed by atoms with Crippen molar-refractivity contribution in [3.05, 3.63) is 11.8 Å². The molecule has 0 aliphatic rings. The largest absolute Gasteiger partial charge is 0.502 e. The molecule has 0 heterocycles. The normalized spacial score (nSPS) is 13.4. The van der Waals surface area contributed by atoms with Crippen molar-refractivity contribution in [2.24, 2.45) is 11.8 Å². The molecule has 0 aromatic rings. The number of hydrogen-bond acceptors (Lipinski definition) is 1. The standard InChI is InChI=1S/C10H20O.C2H6/c1-6-10(8(2)3)7-9(4)11-5;1-2/h7-8,10H,6H2,1-5H3;1-2H3/b9-7-;. The minimum absolute atomic E-state index is 0.662. The Bertz CT molecular complexity index is 125. The quantitative estimate of drug-likeness (QED) is 0.596. The third kappa shape index (κ3) is 7.89. The third-order valence-corrected chi connectivity index (χ3v) is 2.10. The smallest absolute Gasteiger partial charge is 0.0887 e. The van der Waals surface area contributed by atoms with Crippen molar-refractivity contribution < 1.29 is 4.74 Å². The molecule has 0 aromatic carbocycles. The molecule has 0 bridgehead atoms. The molecule has 1 unspecified atom stereocenters. The van der Waals surface area contributed by atoms with Crippen LogP contribution in [0, 0.1) is 11.8 Å². The molecule has 0 radical (unpaired) electrons. The van der Waals surface area contributed by atoms with E-state index in [2.05, 4.69) is 26.8 Å². The molecule has 0 saturated heterocycles. The fraction of sp³-hybridized carbons (Fsp3) is 0.833. The maximum atomic E-state index is 5.09. The van der Waals surface area contributed by atoms with Crippen molar-refractivity contribution >= 4 is 0 Å². The maximum absolute atomic E-state index is 5.09. The van der Waals surface area contributed by atoms with Crippen LogP contribution in [-0.4, -0.2) is 7.11 Å². The number of ether oxygens (including phenoxy) is 1. The second-order valence-corrected chi connectivity index (χ2v) is 3.30. The van der Waals surface area contributed by atoms with Gasteiger partial charge in [0.1, 0.15) is 0 Å². The summed E-state index contributed by atoms with van der Waals surface area (Å²) in [5.74, 6) is 2.41. The van der Waals surface area contributed by atoms with Crippen LogP contribution in [0.2, 0.25) is 0 Å². The zero-order chi connectivity index (χ0) is 10.9. The lowest BCUT2D eigenvalue weighted by Crippen LogP contribution is -2.04. The summed E-state index contributed by atoms with van der Waals surface area (Å²) in [6, 6.07) is 0. The molecule has 0 fully saturated rings. The van der Waals surface area contributed by atoms with Crippen molar-refractivity contribution in [2.45, 2.75) is 48.0 Å². The summed E-state index contributed by atoms with van der Waals surface area (Å²) < 4.78 is 5.09. The van der Waals surface area contributed by atoms with E-state index < -0.39 is 0 Å². The first-order valence-electron chi connectivity index (χ1n) is 5.34. The molecule has 80 valence electrons. The predicted octanol–water partition coefficient (Wildman–Crippen LogP) is 4.25. The molecule has 0 aliphatic heterocycles. The molecule has 0 amide bonds. The second-order valence-electron chi connectivity index (χ2n) is 3.30. The maximum Gasteiger partial charge on any atom is 0.0887 e. The highest BCUT2D eigenvalue weighted by Gasteiger charge is 2.07. The zero-order valence-corrected chi connectivity index (χ0v) is 10.3. The minimum Gasteiger partial charge on any atom is -0.502 e. The molecule has 0 aromatic heterocycles. The molecule has 1 nitrogen and oxygen atoms in total. The van der Waals surface area contributed by atoms with Crippen LogP contribution in [0.5, 0.6) is 0 Å². The van der Waals surface area contributed by atoms with E-state index in [1.165, 1.54) is 6.42 Å². The summed E-state index contributed by atoms with van der Waals surface area (Å²) in [5, 5.41) is 0. The fourth-order valence-corrected chi connectivity index (χ4v) is 1.15. The van der Waals surface area contributed by atoms with E-state index in [4.69, 9.17) is 4.74 Å². The lowest BCUT2D eigenvalue weighted by molar-refractivity contribution is 0.284. The van der Waals surface area contributed by atoms with Gasteiger partial charge in [-0.05, 0) is 31.3 Å².